The molecule has 65 heavy (non-hydrogen) atoms. The van der Waals surface area contributed by atoms with Crippen molar-refractivity contribution in [2.24, 2.45) is 0 Å². The number of unbranched alkanes of at least 4 members (excludes halogenated alkanes) is 31. The molecule has 1 atom stereocenters. The lowest BCUT2D eigenvalue weighted by Crippen LogP contribution is -2.30. The average Bonchev–Trinajstić information content (AvgIpc) is 3.30. The Labute approximate surface area is 402 Å². The number of allylic oxidation sites excluding steroid dienone is 10. The van der Waals surface area contributed by atoms with Gasteiger partial charge in [0.1, 0.15) is 13.2 Å². The summed E-state index contributed by atoms with van der Waals surface area (Å²) in [6.45, 7) is 6.56. The lowest BCUT2D eigenvalue weighted by Gasteiger charge is -2.18. The molecular weight excluding hydrogens is 805 g/mol. The van der Waals surface area contributed by atoms with Crippen LogP contribution in [0.3, 0.4) is 0 Å². The molecule has 0 spiro atoms. The normalized spacial score (nSPS) is 12.5. The van der Waals surface area contributed by atoms with Gasteiger partial charge in [0.15, 0.2) is 6.10 Å². The summed E-state index contributed by atoms with van der Waals surface area (Å²) in [5.74, 6) is -0.909. The predicted molar refractivity (Wildman–Crippen MR) is 279 cm³/mol. The van der Waals surface area contributed by atoms with E-state index in [1.807, 2.05) is 0 Å². The molecule has 0 N–H and O–H groups in total. The number of rotatable bonds is 50. The van der Waals surface area contributed by atoms with Crippen LogP contribution in [0.25, 0.3) is 0 Å². The first-order valence-electron chi connectivity index (χ1n) is 27.8. The van der Waals surface area contributed by atoms with Crippen LogP contribution in [-0.2, 0) is 28.6 Å². The van der Waals surface area contributed by atoms with Crippen LogP contribution in [0.2, 0.25) is 0 Å². The van der Waals surface area contributed by atoms with Crippen LogP contribution in [0.1, 0.15) is 278 Å². The second-order valence-corrected chi connectivity index (χ2v) is 18.5. The van der Waals surface area contributed by atoms with Crippen molar-refractivity contribution in [2.45, 2.75) is 284 Å². The van der Waals surface area contributed by atoms with E-state index < -0.39 is 6.10 Å². The summed E-state index contributed by atoms with van der Waals surface area (Å²) in [7, 11) is 0. The highest BCUT2D eigenvalue weighted by Gasteiger charge is 2.19. The smallest absolute Gasteiger partial charge is 0.306 e. The van der Waals surface area contributed by atoms with Crippen LogP contribution in [0.15, 0.2) is 60.8 Å². The van der Waals surface area contributed by atoms with Gasteiger partial charge in [0.05, 0.1) is 0 Å². The first-order valence-corrected chi connectivity index (χ1v) is 27.8. The molecule has 1 unspecified atom stereocenters. The SMILES string of the molecule is CCCCC/C=C\C=C/CCCCCCCCCCCCC(=O)OCC(COC(=O)CCCCC/C=C\CCCCCCCC)OC(=O)CCCCCCCC/C=C\C=C/CCCCC. The van der Waals surface area contributed by atoms with Crippen LogP contribution >= 0.6 is 0 Å². The molecule has 6 nitrogen and oxygen atoms in total. The van der Waals surface area contributed by atoms with E-state index in [-0.39, 0.29) is 31.1 Å². The summed E-state index contributed by atoms with van der Waals surface area (Å²) in [4.78, 5) is 38.1. The largest absolute Gasteiger partial charge is 0.462 e. The van der Waals surface area contributed by atoms with Gasteiger partial charge >= 0.3 is 17.9 Å². The van der Waals surface area contributed by atoms with E-state index in [4.69, 9.17) is 14.2 Å². The minimum absolute atomic E-state index is 0.0848. The number of esters is 3. The summed E-state index contributed by atoms with van der Waals surface area (Å²) in [6, 6.07) is 0. The van der Waals surface area contributed by atoms with Crippen molar-refractivity contribution in [1.29, 1.82) is 0 Å². The van der Waals surface area contributed by atoms with E-state index in [9.17, 15) is 14.4 Å². The first kappa shape index (κ1) is 62.1. The summed E-state index contributed by atoms with van der Waals surface area (Å²) in [5, 5.41) is 0. The van der Waals surface area contributed by atoms with E-state index >= 15 is 0 Å². The van der Waals surface area contributed by atoms with Gasteiger partial charge in [-0.2, -0.15) is 0 Å². The second-order valence-electron chi connectivity index (χ2n) is 18.5. The summed E-state index contributed by atoms with van der Waals surface area (Å²) in [6.07, 6.45) is 66.3. The van der Waals surface area contributed by atoms with Crippen molar-refractivity contribution in [2.75, 3.05) is 13.2 Å². The van der Waals surface area contributed by atoms with Crippen molar-refractivity contribution in [3.63, 3.8) is 0 Å². The lowest BCUT2D eigenvalue weighted by molar-refractivity contribution is -0.167. The Balaban J connectivity index is 4.38. The fourth-order valence-electron chi connectivity index (χ4n) is 7.77. The fraction of sp³-hybridized carbons (Fsp3) is 0.780. The Hall–Kier alpha value is -2.89. The molecular formula is C59H104O6. The lowest BCUT2D eigenvalue weighted by atomic mass is 10.1. The first-order chi connectivity index (χ1) is 32.0. The van der Waals surface area contributed by atoms with Crippen LogP contribution in [0.5, 0.6) is 0 Å². The van der Waals surface area contributed by atoms with Crippen molar-refractivity contribution in [1.82, 2.24) is 0 Å². The van der Waals surface area contributed by atoms with E-state index in [1.165, 1.54) is 154 Å². The fourth-order valence-corrected chi connectivity index (χ4v) is 7.77. The van der Waals surface area contributed by atoms with Crippen molar-refractivity contribution < 1.29 is 28.6 Å². The molecule has 0 saturated carbocycles. The maximum absolute atomic E-state index is 12.8. The topological polar surface area (TPSA) is 78.9 Å². The maximum atomic E-state index is 12.8. The van der Waals surface area contributed by atoms with E-state index in [0.29, 0.717) is 19.3 Å². The van der Waals surface area contributed by atoms with E-state index in [2.05, 4.69) is 81.5 Å². The zero-order chi connectivity index (χ0) is 47.2. The monoisotopic (exact) mass is 909 g/mol. The number of carbonyl (C=O) groups excluding carboxylic acids is 3. The van der Waals surface area contributed by atoms with Crippen molar-refractivity contribution in [3.05, 3.63) is 60.8 Å². The number of carbonyl (C=O) groups is 3. The molecule has 0 aliphatic rings. The van der Waals surface area contributed by atoms with Crippen LogP contribution in [-0.4, -0.2) is 37.2 Å². The minimum Gasteiger partial charge on any atom is -0.462 e. The van der Waals surface area contributed by atoms with Crippen LogP contribution < -0.4 is 0 Å². The Bertz CT molecular complexity index is 1180. The quantitative estimate of drug-likeness (QED) is 0.0199. The molecule has 0 heterocycles. The standard InChI is InChI=1S/C59H104O6/c1-4-7-10-13-16-19-22-25-27-28-29-30-32-34-37-40-43-46-49-52-58(61)64-55-56(54-63-57(60)51-48-45-42-39-36-33-24-21-18-15-12-9-6-3)65-59(62)53-50-47-44-41-38-35-31-26-23-20-17-14-11-8-5-2/h16-17,19-20,22-23,25-26,33,36,56H,4-15,18,21,24,27-32,34-35,37-55H2,1-3H3/b19-16-,20-17-,25-22-,26-23-,36-33-. The number of ether oxygens (including phenoxy) is 3. The van der Waals surface area contributed by atoms with Gasteiger partial charge in [-0.05, 0) is 96.3 Å². The Kier molecular flexibility index (Phi) is 51.3. The van der Waals surface area contributed by atoms with E-state index in [0.717, 1.165) is 83.5 Å². The second kappa shape index (κ2) is 53.7. The molecule has 0 radical (unpaired) electrons. The molecule has 0 aromatic rings. The third-order valence-electron chi connectivity index (χ3n) is 12.0. The number of hydrogen-bond donors (Lipinski definition) is 0. The predicted octanol–water partition coefficient (Wildman–Crippen LogP) is 18.4. The third-order valence-corrected chi connectivity index (χ3v) is 12.0. The molecule has 0 aliphatic carbocycles. The summed E-state index contributed by atoms with van der Waals surface area (Å²) < 4.78 is 16.8. The molecule has 0 bridgehead atoms. The average molecular weight is 909 g/mol. The third kappa shape index (κ3) is 51.9. The van der Waals surface area contributed by atoms with Gasteiger partial charge in [0, 0.05) is 19.3 Å². The van der Waals surface area contributed by atoms with E-state index in [1.54, 1.807) is 0 Å². The molecule has 0 fully saturated rings. The Morgan fingerprint density at radius 1 is 0.308 bits per heavy atom. The molecule has 0 rings (SSSR count). The minimum atomic E-state index is -0.787. The molecule has 0 saturated heterocycles. The van der Waals surface area contributed by atoms with Gasteiger partial charge in [0.2, 0.25) is 0 Å². The van der Waals surface area contributed by atoms with Gasteiger partial charge in [-0.1, -0.05) is 223 Å². The van der Waals surface area contributed by atoms with Gasteiger partial charge in [-0.15, -0.1) is 0 Å². The van der Waals surface area contributed by atoms with Crippen LogP contribution in [0, 0.1) is 0 Å². The Morgan fingerprint density at radius 2 is 0.554 bits per heavy atom. The van der Waals surface area contributed by atoms with Gasteiger partial charge in [0.25, 0.3) is 0 Å². The van der Waals surface area contributed by atoms with Crippen molar-refractivity contribution >= 4 is 17.9 Å². The molecule has 6 heteroatoms. The molecule has 0 aromatic heterocycles. The van der Waals surface area contributed by atoms with Crippen LogP contribution in [0.4, 0.5) is 0 Å². The zero-order valence-corrected chi connectivity index (χ0v) is 43.0. The van der Waals surface area contributed by atoms with Crippen molar-refractivity contribution in [3.8, 4) is 0 Å². The molecule has 376 valence electrons. The summed E-state index contributed by atoms with van der Waals surface area (Å²) >= 11 is 0. The molecule has 0 aliphatic heterocycles. The highest BCUT2D eigenvalue weighted by molar-refractivity contribution is 5.71. The number of hydrogen-bond acceptors (Lipinski definition) is 6. The molecule has 0 aromatic carbocycles. The highest BCUT2D eigenvalue weighted by Crippen LogP contribution is 2.15. The van der Waals surface area contributed by atoms with Gasteiger partial charge in [-0.25, -0.2) is 0 Å². The zero-order valence-electron chi connectivity index (χ0n) is 43.0. The molecule has 0 amide bonds. The summed E-state index contributed by atoms with van der Waals surface area (Å²) in [5.41, 5.74) is 0. The van der Waals surface area contributed by atoms with Gasteiger partial charge < -0.3 is 14.2 Å². The maximum Gasteiger partial charge on any atom is 0.306 e. The van der Waals surface area contributed by atoms with Gasteiger partial charge in [-0.3, -0.25) is 14.4 Å². The highest BCUT2D eigenvalue weighted by atomic mass is 16.6. The Morgan fingerprint density at radius 3 is 0.908 bits per heavy atom.